The molecule has 42 heavy (non-hydrogen) atoms. The first-order valence-electron chi connectivity index (χ1n) is 14.5. The summed E-state index contributed by atoms with van der Waals surface area (Å²) in [5, 5.41) is 10.7. The number of aliphatic hydroxyl groups excluding tert-OH is 1. The minimum atomic E-state index is -0.987. The first-order chi connectivity index (χ1) is 20.3. The molecule has 0 aromatic heterocycles. The second-order valence-electron chi connectivity index (χ2n) is 11.8. The van der Waals surface area contributed by atoms with E-state index in [0.717, 1.165) is 59.9 Å². The Hall–Kier alpha value is -3.59. The molecule has 1 heterocycles. The third-order valence-electron chi connectivity index (χ3n) is 8.92. The molecular weight excluding hydrogens is 532 g/mol. The minimum Gasteiger partial charge on any atom is -0.497 e. The Labute approximate surface area is 248 Å². The van der Waals surface area contributed by atoms with Gasteiger partial charge >= 0.3 is 0 Å². The predicted molar refractivity (Wildman–Crippen MR) is 161 cm³/mol. The summed E-state index contributed by atoms with van der Waals surface area (Å²) in [6, 6.07) is 23.8. The lowest BCUT2D eigenvalue weighted by atomic mass is 9.50. The number of rotatable bonds is 13. The van der Waals surface area contributed by atoms with E-state index in [1.807, 2.05) is 77.7 Å². The van der Waals surface area contributed by atoms with E-state index in [0.29, 0.717) is 26.0 Å². The predicted octanol–water partition coefficient (Wildman–Crippen LogP) is 4.36. The van der Waals surface area contributed by atoms with Gasteiger partial charge in [0.2, 0.25) is 5.91 Å². The number of hydrogen-bond acceptors (Lipinski definition) is 7. The molecule has 3 aromatic carbocycles. The molecule has 0 radical (unpaired) electrons. The van der Waals surface area contributed by atoms with E-state index in [2.05, 4.69) is 0 Å². The Balaban J connectivity index is 1.47. The summed E-state index contributed by atoms with van der Waals surface area (Å²) in [4.78, 5) is 14.4. The van der Waals surface area contributed by atoms with Crippen molar-refractivity contribution in [1.82, 2.24) is 4.90 Å². The second-order valence-corrected chi connectivity index (χ2v) is 11.8. The summed E-state index contributed by atoms with van der Waals surface area (Å²) in [6.07, 6.45) is 2.82. The van der Waals surface area contributed by atoms with Crippen LogP contribution in [-0.2, 0) is 15.1 Å². The zero-order chi connectivity index (χ0) is 29.8. The molecule has 3 N–H and O–H groups in total. The van der Waals surface area contributed by atoms with Gasteiger partial charge in [0.05, 0.1) is 34.5 Å². The molecule has 3 aromatic rings. The standard InChI is InChI=1S/C34H42N2O6/c1-39-28-12-6-25(7-13-28)34(26-8-14-29(40-2)15-9-26,27-10-16-30(41-3)17-11-27)42-24-33(23-37)19-32(20-33)21-36(22-32)31(38)5-4-18-35/h6-17,37H,4-5,18-24,35H2,1-3H3. The van der Waals surface area contributed by atoms with E-state index in [1.54, 1.807) is 21.3 Å². The summed E-state index contributed by atoms with van der Waals surface area (Å²) in [7, 11) is 4.95. The van der Waals surface area contributed by atoms with Crippen molar-refractivity contribution in [2.24, 2.45) is 16.6 Å². The SMILES string of the molecule is COc1ccc(C(OCC2(CO)CC3(CN(C(=O)CCCN)C3)C2)(c2ccc(OC)cc2)c2ccc(OC)cc2)cc1. The Bertz CT molecular complexity index is 1210. The van der Waals surface area contributed by atoms with Gasteiger partial charge in [-0.3, -0.25) is 4.79 Å². The molecule has 8 nitrogen and oxygen atoms in total. The normalized spacial score (nSPS) is 16.8. The van der Waals surface area contributed by atoms with Crippen LogP contribution in [0.5, 0.6) is 17.2 Å². The lowest BCUT2D eigenvalue weighted by Gasteiger charge is -2.64. The first-order valence-corrected chi connectivity index (χ1v) is 14.5. The van der Waals surface area contributed by atoms with Crippen molar-refractivity contribution in [2.75, 3.05) is 54.2 Å². The van der Waals surface area contributed by atoms with Crippen molar-refractivity contribution in [3.63, 3.8) is 0 Å². The third-order valence-corrected chi connectivity index (χ3v) is 8.92. The van der Waals surface area contributed by atoms with Crippen molar-refractivity contribution in [1.29, 1.82) is 0 Å². The maximum Gasteiger partial charge on any atom is 0.222 e. The van der Waals surface area contributed by atoms with Crippen molar-refractivity contribution >= 4 is 5.91 Å². The number of carbonyl (C=O) groups is 1. The number of carbonyl (C=O) groups excluding carboxylic acids is 1. The molecule has 1 spiro atoms. The zero-order valence-corrected chi connectivity index (χ0v) is 24.8. The van der Waals surface area contributed by atoms with Gasteiger partial charge < -0.3 is 34.7 Å². The molecule has 1 amide bonds. The van der Waals surface area contributed by atoms with Gasteiger partial charge in [-0.2, -0.15) is 0 Å². The van der Waals surface area contributed by atoms with Crippen LogP contribution in [0.3, 0.4) is 0 Å². The van der Waals surface area contributed by atoms with Crippen LogP contribution in [0.4, 0.5) is 0 Å². The molecule has 1 aliphatic heterocycles. The number of hydrogen-bond donors (Lipinski definition) is 2. The zero-order valence-electron chi connectivity index (χ0n) is 24.8. The number of methoxy groups -OCH3 is 3. The van der Waals surface area contributed by atoms with E-state index >= 15 is 0 Å². The lowest BCUT2D eigenvalue weighted by molar-refractivity contribution is -0.198. The van der Waals surface area contributed by atoms with E-state index in [-0.39, 0.29) is 17.9 Å². The number of nitrogens with zero attached hydrogens (tertiary/aromatic N) is 1. The van der Waals surface area contributed by atoms with Gasteiger partial charge in [0.15, 0.2) is 0 Å². The number of amides is 1. The van der Waals surface area contributed by atoms with E-state index in [4.69, 9.17) is 24.7 Å². The van der Waals surface area contributed by atoms with Crippen LogP contribution in [0, 0.1) is 10.8 Å². The van der Waals surface area contributed by atoms with Crippen molar-refractivity contribution in [3.05, 3.63) is 89.5 Å². The molecule has 0 bridgehead atoms. The molecule has 1 saturated carbocycles. The highest BCUT2D eigenvalue weighted by molar-refractivity contribution is 5.77. The summed E-state index contributed by atoms with van der Waals surface area (Å²) >= 11 is 0. The lowest BCUT2D eigenvalue weighted by Crippen LogP contribution is -2.68. The second kappa shape index (κ2) is 12.3. The molecule has 1 saturated heterocycles. The van der Waals surface area contributed by atoms with Gasteiger partial charge in [-0.05, 0) is 78.9 Å². The number of benzene rings is 3. The minimum absolute atomic E-state index is 0.0137. The maximum absolute atomic E-state index is 12.5. The van der Waals surface area contributed by atoms with Gasteiger partial charge in [0, 0.05) is 30.3 Å². The highest BCUT2D eigenvalue weighted by atomic mass is 16.5. The fourth-order valence-corrected chi connectivity index (χ4v) is 6.86. The fourth-order valence-electron chi connectivity index (χ4n) is 6.86. The van der Waals surface area contributed by atoms with Crippen LogP contribution in [0.25, 0.3) is 0 Å². The Morgan fingerprint density at radius 3 is 1.60 bits per heavy atom. The fraction of sp³-hybridized carbons (Fsp3) is 0.441. The van der Waals surface area contributed by atoms with Crippen molar-refractivity contribution in [3.8, 4) is 17.2 Å². The highest BCUT2D eigenvalue weighted by Gasteiger charge is 2.61. The van der Waals surface area contributed by atoms with Crippen LogP contribution in [-0.4, -0.2) is 70.1 Å². The van der Waals surface area contributed by atoms with Gasteiger partial charge in [0.25, 0.3) is 0 Å². The largest absolute Gasteiger partial charge is 0.497 e. The van der Waals surface area contributed by atoms with Crippen molar-refractivity contribution in [2.45, 2.75) is 31.3 Å². The summed E-state index contributed by atoms with van der Waals surface area (Å²) in [6.45, 7) is 2.35. The molecule has 2 aliphatic rings. The Kier molecular flexibility index (Phi) is 8.78. The molecule has 224 valence electrons. The average molecular weight is 575 g/mol. The van der Waals surface area contributed by atoms with Gasteiger partial charge in [-0.15, -0.1) is 0 Å². The Morgan fingerprint density at radius 1 is 0.810 bits per heavy atom. The maximum atomic E-state index is 12.5. The number of likely N-dealkylation sites (tertiary alicyclic amines) is 1. The molecule has 0 atom stereocenters. The average Bonchev–Trinajstić information content (AvgIpc) is 3.01. The number of ether oxygens (including phenoxy) is 4. The van der Waals surface area contributed by atoms with Crippen molar-refractivity contribution < 1.29 is 28.8 Å². The number of aliphatic hydroxyl groups is 1. The summed E-state index contributed by atoms with van der Waals surface area (Å²) < 4.78 is 23.5. The summed E-state index contributed by atoms with van der Waals surface area (Å²) in [5.74, 6) is 2.42. The van der Waals surface area contributed by atoms with Crippen LogP contribution < -0.4 is 19.9 Å². The van der Waals surface area contributed by atoms with E-state index < -0.39 is 11.0 Å². The third kappa shape index (κ3) is 5.59. The van der Waals surface area contributed by atoms with Crippen LogP contribution >= 0.6 is 0 Å². The smallest absolute Gasteiger partial charge is 0.222 e. The van der Waals surface area contributed by atoms with Crippen LogP contribution in [0.2, 0.25) is 0 Å². The van der Waals surface area contributed by atoms with Crippen LogP contribution in [0.15, 0.2) is 72.8 Å². The highest BCUT2D eigenvalue weighted by Crippen LogP contribution is 2.60. The van der Waals surface area contributed by atoms with E-state index in [1.165, 1.54) is 0 Å². The molecule has 8 heteroatoms. The van der Waals surface area contributed by atoms with E-state index in [9.17, 15) is 9.90 Å². The van der Waals surface area contributed by atoms with Gasteiger partial charge in [-0.1, -0.05) is 36.4 Å². The quantitative estimate of drug-likeness (QED) is 0.293. The first kappa shape index (κ1) is 29.9. The summed E-state index contributed by atoms with van der Waals surface area (Å²) in [5.41, 5.74) is 7.04. The van der Waals surface area contributed by atoms with Crippen LogP contribution in [0.1, 0.15) is 42.4 Å². The number of nitrogens with two attached hydrogens (primary N) is 1. The van der Waals surface area contributed by atoms with Gasteiger partial charge in [0.1, 0.15) is 22.8 Å². The molecule has 5 rings (SSSR count). The molecular formula is C34H42N2O6. The molecule has 1 aliphatic carbocycles. The topological polar surface area (TPSA) is 103 Å². The Morgan fingerprint density at radius 2 is 1.24 bits per heavy atom. The van der Waals surface area contributed by atoms with Gasteiger partial charge in [-0.25, -0.2) is 0 Å². The molecule has 2 fully saturated rings. The monoisotopic (exact) mass is 574 g/mol. The molecule has 0 unspecified atom stereocenters.